The van der Waals surface area contributed by atoms with Crippen molar-refractivity contribution in [3.05, 3.63) is 89.3 Å². The average Bonchev–Trinajstić information content (AvgIpc) is 3.59. The standard InChI is InChI=1S/C23H18ClN5O2S/c24-17-10-8-15(9-11-17)18-13-19(20-7-4-12-31-20)29(28-18)21(30)14-32-23-25-22(26-27-23)16-5-2-1-3-6-16/h1-12,19H,13-14H2,(H,25,26,27)/t19-/m0/s1. The van der Waals surface area contributed by atoms with Crippen molar-refractivity contribution >= 4 is 35.0 Å². The molecule has 2 aromatic carbocycles. The van der Waals surface area contributed by atoms with Crippen LogP contribution in [0.5, 0.6) is 0 Å². The van der Waals surface area contributed by atoms with Crippen LogP contribution in [0.1, 0.15) is 23.8 Å². The Labute approximate surface area is 193 Å². The Bertz CT molecular complexity index is 1240. The zero-order valence-electron chi connectivity index (χ0n) is 16.8. The molecule has 0 saturated heterocycles. The highest BCUT2D eigenvalue weighted by Crippen LogP contribution is 2.34. The first-order valence-electron chi connectivity index (χ1n) is 9.97. The predicted octanol–water partition coefficient (Wildman–Crippen LogP) is 5.19. The molecule has 160 valence electrons. The number of halogens is 1. The number of aromatic nitrogens is 3. The maximum absolute atomic E-state index is 13.1. The molecule has 3 heterocycles. The number of hydrogen-bond acceptors (Lipinski definition) is 6. The van der Waals surface area contributed by atoms with Crippen LogP contribution in [0.3, 0.4) is 0 Å². The second kappa shape index (κ2) is 9.02. The second-order valence-electron chi connectivity index (χ2n) is 7.15. The third-order valence-electron chi connectivity index (χ3n) is 5.05. The zero-order chi connectivity index (χ0) is 21.9. The molecule has 0 bridgehead atoms. The second-order valence-corrected chi connectivity index (χ2v) is 8.53. The molecule has 0 saturated carbocycles. The van der Waals surface area contributed by atoms with E-state index in [9.17, 15) is 4.79 Å². The lowest BCUT2D eigenvalue weighted by atomic mass is 10.0. The fourth-order valence-corrected chi connectivity index (χ4v) is 4.26. The minimum atomic E-state index is -0.296. The maximum Gasteiger partial charge on any atom is 0.253 e. The molecule has 1 N–H and O–H groups in total. The van der Waals surface area contributed by atoms with Crippen molar-refractivity contribution in [3.8, 4) is 11.4 Å². The number of nitrogens with one attached hydrogen (secondary N) is 1. The highest BCUT2D eigenvalue weighted by Gasteiger charge is 2.34. The summed E-state index contributed by atoms with van der Waals surface area (Å²) in [5.41, 5.74) is 2.67. The van der Waals surface area contributed by atoms with Crippen LogP contribution >= 0.6 is 23.4 Å². The topological polar surface area (TPSA) is 87.4 Å². The summed E-state index contributed by atoms with van der Waals surface area (Å²) in [6, 6.07) is 20.5. The van der Waals surface area contributed by atoms with Gasteiger partial charge in [-0.2, -0.15) is 5.10 Å². The van der Waals surface area contributed by atoms with Crippen LogP contribution in [-0.4, -0.2) is 37.6 Å². The van der Waals surface area contributed by atoms with E-state index in [2.05, 4.69) is 20.3 Å². The van der Waals surface area contributed by atoms with E-state index >= 15 is 0 Å². The van der Waals surface area contributed by atoms with Crippen molar-refractivity contribution < 1.29 is 9.21 Å². The van der Waals surface area contributed by atoms with E-state index in [0.717, 1.165) is 16.8 Å². The van der Waals surface area contributed by atoms with Gasteiger partial charge in [0.25, 0.3) is 5.91 Å². The number of H-pyrrole nitrogens is 1. The predicted molar refractivity (Wildman–Crippen MR) is 123 cm³/mol. The van der Waals surface area contributed by atoms with Gasteiger partial charge >= 0.3 is 0 Å². The number of aromatic amines is 1. The smallest absolute Gasteiger partial charge is 0.253 e. The van der Waals surface area contributed by atoms with Crippen LogP contribution in [0.15, 0.2) is 87.7 Å². The number of furan rings is 1. The fourth-order valence-electron chi connectivity index (χ4n) is 3.49. The van der Waals surface area contributed by atoms with Crippen LogP contribution in [0.25, 0.3) is 11.4 Å². The van der Waals surface area contributed by atoms with Crippen LogP contribution in [-0.2, 0) is 4.79 Å². The van der Waals surface area contributed by atoms with Crippen LogP contribution in [0.2, 0.25) is 5.02 Å². The van der Waals surface area contributed by atoms with Gasteiger partial charge in [0.2, 0.25) is 5.16 Å². The summed E-state index contributed by atoms with van der Waals surface area (Å²) in [5.74, 6) is 1.37. The number of benzene rings is 2. The summed E-state index contributed by atoms with van der Waals surface area (Å²) in [5, 5.41) is 14.4. The molecule has 7 nitrogen and oxygen atoms in total. The van der Waals surface area contributed by atoms with Crippen molar-refractivity contribution in [2.24, 2.45) is 5.10 Å². The Hall–Kier alpha value is -3.36. The number of hydrogen-bond donors (Lipinski definition) is 1. The summed E-state index contributed by atoms with van der Waals surface area (Å²) in [6.07, 6.45) is 2.16. The molecule has 1 amide bonds. The quantitative estimate of drug-likeness (QED) is 0.398. The summed E-state index contributed by atoms with van der Waals surface area (Å²) in [4.78, 5) is 17.6. The van der Waals surface area contributed by atoms with Gasteiger partial charge in [-0.15, -0.1) is 5.10 Å². The molecule has 0 unspecified atom stereocenters. The molecule has 5 rings (SSSR count). The van der Waals surface area contributed by atoms with Gasteiger partial charge in [0.05, 0.1) is 17.7 Å². The first-order chi connectivity index (χ1) is 15.7. The monoisotopic (exact) mass is 463 g/mol. The molecule has 1 atom stereocenters. The van der Waals surface area contributed by atoms with Gasteiger partial charge < -0.3 is 4.42 Å². The molecule has 0 aliphatic carbocycles. The Morgan fingerprint density at radius 2 is 1.91 bits per heavy atom. The Morgan fingerprint density at radius 3 is 2.66 bits per heavy atom. The molecule has 32 heavy (non-hydrogen) atoms. The highest BCUT2D eigenvalue weighted by atomic mass is 35.5. The van der Waals surface area contributed by atoms with E-state index in [1.54, 1.807) is 6.26 Å². The van der Waals surface area contributed by atoms with Crippen molar-refractivity contribution in [2.45, 2.75) is 17.6 Å². The molecule has 4 aromatic rings. The first kappa shape index (κ1) is 20.5. The van der Waals surface area contributed by atoms with Gasteiger partial charge in [-0.3, -0.25) is 9.89 Å². The van der Waals surface area contributed by atoms with Crippen molar-refractivity contribution in [3.63, 3.8) is 0 Å². The fraction of sp³-hybridized carbons (Fsp3) is 0.130. The minimum Gasteiger partial charge on any atom is -0.467 e. The van der Waals surface area contributed by atoms with E-state index in [1.165, 1.54) is 16.8 Å². The summed E-state index contributed by atoms with van der Waals surface area (Å²) < 4.78 is 5.59. The SMILES string of the molecule is O=C(CSc1n[nH]c(-c2ccccc2)n1)N1N=C(c2ccc(Cl)cc2)C[C@H]1c1ccco1. The first-order valence-corrected chi connectivity index (χ1v) is 11.3. The minimum absolute atomic E-state index is 0.147. The van der Waals surface area contributed by atoms with Crippen molar-refractivity contribution in [2.75, 3.05) is 5.75 Å². The number of hydrazone groups is 1. The van der Waals surface area contributed by atoms with Crippen LogP contribution in [0.4, 0.5) is 0 Å². The van der Waals surface area contributed by atoms with E-state index < -0.39 is 0 Å². The lowest BCUT2D eigenvalue weighted by Crippen LogP contribution is -2.28. The Morgan fingerprint density at radius 1 is 1.09 bits per heavy atom. The van der Waals surface area contributed by atoms with E-state index in [0.29, 0.717) is 28.2 Å². The molecule has 0 spiro atoms. The third-order valence-corrected chi connectivity index (χ3v) is 6.14. The van der Waals surface area contributed by atoms with E-state index in [-0.39, 0.29) is 17.7 Å². The van der Waals surface area contributed by atoms with Gasteiger partial charge in [0.1, 0.15) is 11.8 Å². The van der Waals surface area contributed by atoms with Gasteiger partial charge in [0.15, 0.2) is 5.82 Å². The number of amides is 1. The summed E-state index contributed by atoms with van der Waals surface area (Å²) >= 11 is 7.28. The average molecular weight is 464 g/mol. The van der Waals surface area contributed by atoms with Crippen molar-refractivity contribution in [1.82, 2.24) is 20.2 Å². The normalized spacial score (nSPS) is 15.7. The molecule has 0 radical (unpaired) electrons. The van der Waals surface area contributed by atoms with Gasteiger partial charge in [-0.25, -0.2) is 9.99 Å². The molecule has 0 fully saturated rings. The molecule has 1 aliphatic heterocycles. The third kappa shape index (κ3) is 4.32. The van der Waals surface area contributed by atoms with Crippen LogP contribution in [0, 0.1) is 0 Å². The molecular weight excluding hydrogens is 446 g/mol. The lowest BCUT2D eigenvalue weighted by Gasteiger charge is -2.19. The number of thioether (sulfide) groups is 1. The molecule has 2 aromatic heterocycles. The maximum atomic E-state index is 13.1. The Kier molecular flexibility index (Phi) is 5.79. The number of carbonyl (C=O) groups excluding carboxylic acids is 1. The Balaban J connectivity index is 1.32. The lowest BCUT2D eigenvalue weighted by molar-refractivity contribution is -0.130. The highest BCUT2D eigenvalue weighted by molar-refractivity contribution is 7.99. The largest absolute Gasteiger partial charge is 0.467 e. The number of nitrogens with zero attached hydrogens (tertiary/aromatic N) is 4. The van der Waals surface area contributed by atoms with E-state index in [4.69, 9.17) is 16.0 Å². The van der Waals surface area contributed by atoms with Gasteiger partial charge in [0, 0.05) is 17.0 Å². The van der Waals surface area contributed by atoms with Crippen LogP contribution < -0.4 is 0 Å². The van der Waals surface area contributed by atoms with E-state index in [1.807, 2.05) is 66.7 Å². The summed E-state index contributed by atoms with van der Waals surface area (Å²) in [6.45, 7) is 0. The van der Waals surface area contributed by atoms with Crippen molar-refractivity contribution in [1.29, 1.82) is 0 Å². The molecule has 1 aliphatic rings. The number of carbonyl (C=O) groups is 1. The van der Waals surface area contributed by atoms with Gasteiger partial charge in [-0.05, 0) is 29.8 Å². The molecule has 9 heteroatoms. The molecular formula is C23H18ClN5O2S. The summed E-state index contributed by atoms with van der Waals surface area (Å²) in [7, 11) is 0. The zero-order valence-corrected chi connectivity index (χ0v) is 18.4. The number of rotatable bonds is 6. The van der Waals surface area contributed by atoms with Gasteiger partial charge in [-0.1, -0.05) is 65.8 Å².